The lowest BCUT2D eigenvalue weighted by Crippen LogP contribution is -2.49. The zero-order valence-electron chi connectivity index (χ0n) is 23.2. The van der Waals surface area contributed by atoms with E-state index in [-0.39, 0.29) is 29.3 Å². The van der Waals surface area contributed by atoms with Gasteiger partial charge in [0.05, 0.1) is 5.60 Å². The highest BCUT2D eigenvalue weighted by molar-refractivity contribution is 6.06. The van der Waals surface area contributed by atoms with Crippen molar-refractivity contribution in [2.45, 2.75) is 95.2 Å². The van der Waals surface area contributed by atoms with Crippen molar-refractivity contribution in [2.24, 2.45) is 17.3 Å². The predicted molar refractivity (Wildman–Crippen MR) is 151 cm³/mol. The SMILES string of the molecule is CC1(C)NC(=O)N(C2CCC3=CC4=CCC5(C)C(c6ccc7ccncc7c6)CCC5C4(O)CCC3C2)C1=O. The second kappa shape index (κ2) is 8.50. The Morgan fingerprint density at radius 2 is 1.90 bits per heavy atom. The summed E-state index contributed by atoms with van der Waals surface area (Å²) in [5.41, 5.74) is 2.19. The van der Waals surface area contributed by atoms with Gasteiger partial charge in [0.2, 0.25) is 0 Å². The fourth-order valence-electron chi connectivity index (χ4n) is 8.95. The minimum Gasteiger partial charge on any atom is -0.385 e. The largest absolute Gasteiger partial charge is 0.385 e. The van der Waals surface area contributed by atoms with Crippen molar-refractivity contribution in [3.8, 4) is 0 Å². The number of carbonyl (C=O) groups is 2. The number of pyridine rings is 1. The molecule has 4 aliphatic carbocycles. The highest BCUT2D eigenvalue weighted by Gasteiger charge is 2.58. The van der Waals surface area contributed by atoms with Gasteiger partial charge in [-0.05, 0) is 117 Å². The maximum absolute atomic E-state index is 13.0. The van der Waals surface area contributed by atoms with Gasteiger partial charge in [-0.2, -0.15) is 0 Å². The number of rotatable bonds is 2. The molecule has 3 fully saturated rings. The molecule has 6 heteroatoms. The van der Waals surface area contributed by atoms with Gasteiger partial charge in [0.1, 0.15) is 5.54 Å². The van der Waals surface area contributed by atoms with Crippen molar-refractivity contribution in [1.29, 1.82) is 0 Å². The number of hydrogen-bond acceptors (Lipinski definition) is 4. The van der Waals surface area contributed by atoms with E-state index in [0.29, 0.717) is 11.8 Å². The Hall–Kier alpha value is -2.99. The molecule has 1 aromatic heterocycles. The summed E-state index contributed by atoms with van der Waals surface area (Å²) < 4.78 is 0. The number of carbonyl (C=O) groups excluding carboxylic acids is 2. The third-order valence-corrected chi connectivity index (χ3v) is 11.1. The van der Waals surface area contributed by atoms with Crippen molar-refractivity contribution in [2.75, 3.05) is 0 Å². The Bertz CT molecular complexity index is 1440. The van der Waals surface area contributed by atoms with Crippen LogP contribution < -0.4 is 5.32 Å². The molecule has 3 amide bonds. The summed E-state index contributed by atoms with van der Waals surface area (Å²) in [6, 6.07) is 8.53. The number of aliphatic hydroxyl groups is 1. The summed E-state index contributed by atoms with van der Waals surface area (Å²) in [7, 11) is 0. The second-order valence-corrected chi connectivity index (χ2v) is 13.6. The van der Waals surface area contributed by atoms with Gasteiger partial charge in [-0.25, -0.2) is 4.79 Å². The molecule has 1 saturated heterocycles. The number of nitrogens with zero attached hydrogens (tertiary/aromatic N) is 2. The number of allylic oxidation sites excluding steroid dienone is 2. The fourth-order valence-corrected chi connectivity index (χ4v) is 8.95. The van der Waals surface area contributed by atoms with Crippen LogP contribution in [0.4, 0.5) is 4.79 Å². The fraction of sp³-hybridized carbons (Fsp3) is 0.545. The van der Waals surface area contributed by atoms with E-state index in [0.717, 1.165) is 56.9 Å². The number of nitrogens with one attached hydrogen (secondary N) is 1. The van der Waals surface area contributed by atoms with Gasteiger partial charge >= 0.3 is 6.03 Å². The summed E-state index contributed by atoms with van der Waals surface area (Å²) in [5, 5.41) is 17.7. The molecule has 0 spiro atoms. The molecule has 0 radical (unpaired) electrons. The molecular formula is C33H39N3O3. The van der Waals surface area contributed by atoms with Gasteiger partial charge in [-0.15, -0.1) is 0 Å². The van der Waals surface area contributed by atoms with Crippen LogP contribution in [0.2, 0.25) is 0 Å². The molecule has 6 unspecified atom stereocenters. The van der Waals surface area contributed by atoms with Crippen molar-refractivity contribution in [3.63, 3.8) is 0 Å². The first-order chi connectivity index (χ1) is 18.6. The Labute approximate surface area is 230 Å². The summed E-state index contributed by atoms with van der Waals surface area (Å²) in [6.45, 7) is 5.95. The van der Waals surface area contributed by atoms with Crippen LogP contribution in [0.25, 0.3) is 10.8 Å². The molecule has 2 aromatic rings. The minimum atomic E-state index is -0.837. The van der Waals surface area contributed by atoms with E-state index in [9.17, 15) is 14.7 Å². The van der Waals surface area contributed by atoms with E-state index in [2.05, 4.69) is 53.6 Å². The maximum atomic E-state index is 13.0. The number of aromatic nitrogens is 1. The highest BCUT2D eigenvalue weighted by Crippen LogP contribution is 2.64. The number of amides is 3. The molecule has 2 heterocycles. The van der Waals surface area contributed by atoms with Crippen LogP contribution in [0, 0.1) is 17.3 Å². The molecule has 2 N–H and O–H groups in total. The van der Waals surface area contributed by atoms with Crippen molar-refractivity contribution in [3.05, 3.63) is 65.5 Å². The molecular weight excluding hydrogens is 486 g/mol. The topological polar surface area (TPSA) is 82.5 Å². The lowest BCUT2D eigenvalue weighted by molar-refractivity contribution is -0.132. The van der Waals surface area contributed by atoms with E-state index in [4.69, 9.17) is 0 Å². The molecule has 6 atom stereocenters. The zero-order valence-corrected chi connectivity index (χ0v) is 23.2. The molecule has 6 nitrogen and oxygen atoms in total. The first-order valence-corrected chi connectivity index (χ1v) is 14.7. The third-order valence-electron chi connectivity index (χ3n) is 11.1. The van der Waals surface area contributed by atoms with Crippen molar-refractivity contribution in [1.82, 2.24) is 15.2 Å². The van der Waals surface area contributed by atoms with Gasteiger partial charge in [0.15, 0.2) is 0 Å². The van der Waals surface area contributed by atoms with Gasteiger partial charge in [0.25, 0.3) is 5.91 Å². The Kier molecular flexibility index (Phi) is 5.45. The quantitative estimate of drug-likeness (QED) is 0.470. The summed E-state index contributed by atoms with van der Waals surface area (Å²) >= 11 is 0. The molecule has 7 rings (SSSR count). The number of benzene rings is 1. The van der Waals surface area contributed by atoms with Crippen LogP contribution in [-0.4, -0.2) is 44.1 Å². The number of fused-ring (bicyclic) bond motifs is 5. The van der Waals surface area contributed by atoms with Crippen LogP contribution in [0.3, 0.4) is 0 Å². The van der Waals surface area contributed by atoms with Crippen molar-refractivity contribution >= 4 is 22.7 Å². The predicted octanol–water partition coefficient (Wildman–Crippen LogP) is 6.02. The Morgan fingerprint density at radius 1 is 1.05 bits per heavy atom. The minimum absolute atomic E-state index is 0.00364. The maximum Gasteiger partial charge on any atom is 0.325 e. The number of imide groups is 1. The average molecular weight is 526 g/mol. The van der Waals surface area contributed by atoms with Gasteiger partial charge in [-0.1, -0.05) is 36.8 Å². The standard InChI is InChI=1S/C33H39N3O3/c1-31(2)29(37)36(30(38)35-31)26-7-6-21-17-25-11-13-32(3)27(23-5-4-20-12-15-34-19-24(20)16-23)8-9-28(32)33(25,39)14-10-22(21)18-26/h4-5,11-12,15-17,19,22,26-28,39H,6-10,13-14,18H2,1-3H3,(H,35,38). The Balaban J connectivity index is 1.15. The number of hydrogen-bond donors (Lipinski definition) is 2. The summed E-state index contributed by atoms with van der Waals surface area (Å²) in [5.74, 6) is 0.782. The molecule has 0 bridgehead atoms. The molecule has 1 aromatic carbocycles. The van der Waals surface area contributed by atoms with Gasteiger partial charge in [-0.3, -0.25) is 14.7 Å². The third kappa shape index (κ3) is 3.67. The van der Waals surface area contributed by atoms with Crippen LogP contribution in [-0.2, 0) is 4.79 Å². The second-order valence-electron chi connectivity index (χ2n) is 13.6. The van der Waals surface area contributed by atoms with E-state index >= 15 is 0 Å². The molecule has 39 heavy (non-hydrogen) atoms. The first-order valence-electron chi connectivity index (χ1n) is 14.7. The van der Waals surface area contributed by atoms with Crippen LogP contribution in [0.1, 0.15) is 83.6 Å². The first kappa shape index (κ1) is 25.0. The average Bonchev–Trinajstić information content (AvgIpc) is 3.31. The lowest BCUT2D eigenvalue weighted by Gasteiger charge is -2.49. The van der Waals surface area contributed by atoms with Gasteiger partial charge < -0.3 is 10.4 Å². The monoisotopic (exact) mass is 525 g/mol. The van der Waals surface area contributed by atoms with E-state index in [1.54, 1.807) is 13.8 Å². The van der Waals surface area contributed by atoms with Crippen LogP contribution >= 0.6 is 0 Å². The normalized spacial score (nSPS) is 37.4. The molecule has 2 saturated carbocycles. The summed E-state index contributed by atoms with van der Waals surface area (Å²) in [6.07, 6.45) is 15.6. The lowest BCUT2D eigenvalue weighted by atomic mass is 9.58. The number of urea groups is 1. The van der Waals surface area contributed by atoms with E-state index < -0.39 is 11.1 Å². The van der Waals surface area contributed by atoms with Crippen LogP contribution in [0.15, 0.2) is 60.0 Å². The Morgan fingerprint density at radius 3 is 2.69 bits per heavy atom. The van der Waals surface area contributed by atoms with Gasteiger partial charge in [0, 0.05) is 23.8 Å². The van der Waals surface area contributed by atoms with Crippen molar-refractivity contribution < 1.29 is 14.7 Å². The van der Waals surface area contributed by atoms with Crippen LogP contribution in [0.5, 0.6) is 0 Å². The molecule has 5 aliphatic rings. The zero-order chi connectivity index (χ0) is 27.2. The molecule has 1 aliphatic heterocycles. The van der Waals surface area contributed by atoms with E-state index in [1.807, 2.05) is 12.4 Å². The van der Waals surface area contributed by atoms with E-state index in [1.165, 1.54) is 26.8 Å². The smallest absolute Gasteiger partial charge is 0.325 e. The highest BCUT2D eigenvalue weighted by atomic mass is 16.3. The molecule has 204 valence electrons. The summed E-state index contributed by atoms with van der Waals surface area (Å²) in [4.78, 5) is 31.5.